The molecule has 0 aliphatic heterocycles. The van der Waals surface area contributed by atoms with Crippen LogP contribution in [0.2, 0.25) is 0 Å². The number of rotatable bonds is 8. The second-order valence-electron chi connectivity index (χ2n) is 7.29. The second-order valence-corrected chi connectivity index (χ2v) is 7.29. The van der Waals surface area contributed by atoms with E-state index >= 15 is 0 Å². The standard InChI is InChI=1S/C23H23F3N4O2/c1-4-30(15(2)14-32-20-9-6-16(13-29-20)23(3,25)26)22(31)18-8-7-17(24)12-19(18)21-27-10-5-11-28-21/h5-13,15H,4,14H2,1-3H3/t15-/m0/s1. The van der Waals surface area contributed by atoms with Gasteiger partial charge in [-0.1, -0.05) is 0 Å². The van der Waals surface area contributed by atoms with Gasteiger partial charge in [-0.3, -0.25) is 4.79 Å². The summed E-state index contributed by atoms with van der Waals surface area (Å²) < 4.78 is 46.1. The highest BCUT2D eigenvalue weighted by molar-refractivity contribution is 6.00. The first-order valence-electron chi connectivity index (χ1n) is 10.1. The van der Waals surface area contributed by atoms with Gasteiger partial charge in [-0.25, -0.2) is 28.1 Å². The number of aromatic nitrogens is 3. The molecule has 2 aromatic heterocycles. The first-order valence-corrected chi connectivity index (χ1v) is 10.1. The molecular weight excluding hydrogens is 421 g/mol. The van der Waals surface area contributed by atoms with Crippen molar-refractivity contribution in [2.75, 3.05) is 13.2 Å². The number of carbonyl (C=O) groups is 1. The van der Waals surface area contributed by atoms with Crippen molar-refractivity contribution in [2.24, 2.45) is 0 Å². The lowest BCUT2D eigenvalue weighted by Gasteiger charge is -2.28. The smallest absolute Gasteiger partial charge is 0.272 e. The normalized spacial score (nSPS) is 12.3. The van der Waals surface area contributed by atoms with Gasteiger partial charge in [0.25, 0.3) is 11.8 Å². The molecule has 3 aromatic rings. The van der Waals surface area contributed by atoms with Crippen molar-refractivity contribution < 1.29 is 22.7 Å². The summed E-state index contributed by atoms with van der Waals surface area (Å²) in [5.41, 5.74) is 0.342. The minimum Gasteiger partial charge on any atom is -0.475 e. The predicted molar refractivity (Wildman–Crippen MR) is 113 cm³/mol. The van der Waals surface area contributed by atoms with Crippen LogP contribution < -0.4 is 4.74 Å². The SMILES string of the molecule is CCN(C(=O)c1ccc(F)cc1-c1ncccn1)[C@@H](C)COc1ccc(C(C)(F)F)cn1. The molecule has 6 nitrogen and oxygen atoms in total. The lowest BCUT2D eigenvalue weighted by molar-refractivity contribution is 0.0169. The number of carbonyl (C=O) groups excluding carboxylic acids is 1. The van der Waals surface area contributed by atoms with Gasteiger partial charge in [0.05, 0.1) is 11.6 Å². The van der Waals surface area contributed by atoms with Gasteiger partial charge in [0, 0.05) is 49.3 Å². The van der Waals surface area contributed by atoms with Crippen LogP contribution in [0.5, 0.6) is 5.88 Å². The van der Waals surface area contributed by atoms with Gasteiger partial charge in [-0.15, -0.1) is 0 Å². The molecule has 2 heterocycles. The number of alkyl halides is 2. The Morgan fingerprint density at radius 1 is 1.16 bits per heavy atom. The highest BCUT2D eigenvalue weighted by atomic mass is 19.3. The van der Waals surface area contributed by atoms with E-state index in [0.29, 0.717) is 12.1 Å². The van der Waals surface area contributed by atoms with Gasteiger partial charge in [0.2, 0.25) is 5.88 Å². The largest absolute Gasteiger partial charge is 0.475 e. The Morgan fingerprint density at radius 3 is 2.47 bits per heavy atom. The van der Waals surface area contributed by atoms with E-state index in [2.05, 4.69) is 15.0 Å². The molecule has 0 bridgehead atoms. The van der Waals surface area contributed by atoms with Crippen LogP contribution in [-0.4, -0.2) is 45.0 Å². The third-order valence-corrected chi connectivity index (χ3v) is 4.87. The highest BCUT2D eigenvalue weighted by Crippen LogP contribution is 2.27. The van der Waals surface area contributed by atoms with E-state index in [0.717, 1.165) is 13.1 Å². The molecule has 0 aliphatic rings. The number of nitrogens with zero attached hydrogens (tertiary/aromatic N) is 4. The quantitative estimate of drug-likeness (QED) is 0.503. The minimum absolute atomic E-state index is 0.0901. The van der Waals surface area contributed by atoms with Crippen LogP contribution in [0.4, 0.5) is 13.2 Å². The Kier molecular flexibility index (Phi) is 7.07. The first kappa shape index (κ1) is 23.2. The summed E-state index contributed by atoms with van der Waals surface area (Å²) in [7, 11) is 0. The van der Waals surface area contributed by atoms with Crippen LogP contribution in [-0.2, 0) is 5.92 Å². The van der Waals surface area contributed by atoms with Crippen molar-refractivity contribution in [3.63, 3.8) is 0 Å². The maximum atomic E-state index is 13.9. The molecule has 0 saturated carbocycles. The van der Waals surface area contributed by atoms with Gasteiger partial charge < -0.3 is 9.64 Å². The third-order valence-electron chi connectivity index (χ3n) is 4.87. The molecule has 1 amide bonds. The van der Waals surface area contributed by atoms with E-state index in [4.69, 9.17) is 4.74 Å². The molecule has 0 fully saturated rings. The average Bonchev–Trinajstić information content (AvgIpc) is 2.78. The number of likely N-dealkylation sites (N-methyl/N-ethyl adjacent to an activating group) is 1. The molecule has 32 heavy (non-hydrogen) atoms. The molecule has 0 saturated heterocycles. The molecular formula is C23H23F3N4O2. The molecule has 0 aliphatic carbocycles. The monoisotopic (exact) mass is 444 g/mol. The number of hydrogen-bond acceptors (Lipinski definition) is 5. The number of ether oxygens (including phenoxy) is 1. The fraction of sp³-hybridized carbons (Fsp3) is 0.304. The van der Waals surface area contributed by atoms with Crippen molar-refractivity contribution >= 4 is 5.91 Å². The molecule has 1 aromatic carbocycles. The van der Waals surface area contributed by atoms with E-state index in [1.54, 1.807) is 17.9 Å². The Hall–Kier alpha value is -3.49. The number of hydrogen-bond donors (Lipinski definition) is 0. The van der Waals surface area contributed by atoms with E-state index in [-0.39, 0.29) is 41.4 Å². The molecule has 168 valence electrons. The number of pyridine rings is 1. The van der Waals surface area contributed by atoms with E-state index in [9.17, 15) is 18.0 Å². The van der Waals surface area contributed by atoms with Crippen molar-refractivity contribution in [3.05, 3.63) is 71.9 Å². The number of benzene rings is 1. The molecule has 9 heteroatoms. The van der Waals surface area contributed by atoms with E-state index in [1.165, 1.54) is 42.7 Å². The van der Waals surface area contributed by atoms with Crippen molar-refractivity contribution in [1.29, 1.82) is 0 Å². The molecule has 0 spiro atoms. The summed E-state index contributed by atoms with van der Waals surface area (Å²) in [6.07, 6.45) is 4.10. The molecule has 0 unspecified atom stereocenters. The fourth-order valence-electron chi connectivity index (χ4n) is 3.16. The van der Waals surface area contributed by atoms with E-state index in [1.807, 2.05) is 6.92 Å². The maximum Gasteiger partial charge on any atom is 0.272 e. The van der Waals surface area contributed by atoms with Crippen LogP contribution in [0, 0.1) is 5.82 Å². The Morgan fingerprint density at radius 2 is 1.88 bits per heavy atom. The van der Waals surface area contributed by atoms with E-state index < -0.39 is 11.7 Å². The topological polar surface area (TPSA) is 68.2 Å². The van der Waals surface area contributed by atoms with Gasteiger partial charge in [0.15, 0.2) is 5.82 Å². The number of amides is 1. The fourth-order valence-corrected chi connectivity index (χ4v) is 3.16. The summed E-state index contributed by atoms with van der Waals surface area (Å²) in [5.74, 6) is -3.41. The number of halogens is 3. The van der Waals surface area contributed by atoms with Crippen LogP contribution in [0.25, 0.3) is 11.4 Å². The zero-order valence-corrected chi connectivity index (χ0v) is 17.9. The van der Waals surface area contributed by atoms with Gasteiger partial charge >= 0.3 is 0 Å². The summed E-state index contributed by atoms with van der Waals surface area (Å²) in [5, 5.41) is 0. The maximum absolute atomic E-state index is 13.9. The lowest BCUT2D eigenvalue weighted by Crippen LogP contribution is -2.42. The van der Waals surface area contributed by atoms with Crippen molar-refractivity contribution in [1.82, 2.24) is 19.9 Å². The van der Waals surface area contributed by atoms with Crippen LogP contribution in [0.1, 0.15) is 36.7 Å². The Bertz CT molecular complexity index is 1060. The zero-order chi connectivity index (χ0) is 23.3. The molecule has 3 rings (SSSR count). The second kappa shape index (κ2) is 9.76. The summed E-state index contributed by atoms with van der Waals surface area (Å²) in [6.45, 7) is 4.85. The van der Waals surface area contributed by atoms with Crippen LogP contribution in [0.3, 0.4) is 0 Å². The summed E-state index contributed by atoms with van der Waals surface area (Å²) >= 11 is 0. The predicted octanol–water partition coefficient (Wildman–Crippen LogP) is 4.72. The third kappa shape index (κ3) is 5.40. The zero-order valence-electron chi connectivity index (χ0n) is 17.9. The van der Waals surface area contributed by atoms with Crippen molar-refractivity contribution in [3.8, 4) is 17.3 Å². The Labute approximate surface area is 184 Å². The average molecular weight is 444 g/mol. The minimum atomic E-state index is -2.99. The lowest BCUT2D eigenvalue weighted by atomic mass is 10.0. The molecule has 0 N–H and O–H groups in total. The highest BCUT2D eigenvalue weighted by Gasteiger charge is 2.26. The summed E-state index contributed by atoms with van der Waals surface area (Å²) in [4.78, 5) is 27.0. The van der Waals surface area contributed by atoms with Gasteiger partial charge in [-0.2, -0.15) is 0 Å². The summed E-state index contributed by atoms with van der Waals surface area (Å²) in [6, 6.07) is 7.71. The molecule has 1 atom stereocenters. The molecule has 0 radical (unpaired) electrons. The van der Waals surface area contributed by atoms with Crippen molar-refractivity contribution in [2.45, 2.75) is 32.7 Å². The van der Waals surface area contributed by atoms with Gasteiger partial charge in [-0.05, 0) is 44.2 Å². The van der Waals surface area contributed by atoms with Crippen LogP contribution >= 0.6 is 0 Å². The first-order chi connectivity index (χ1) is 15.2. The van der Waals surface area contributed by atoms with Crippen LogP contribution in [0.15, 0.2) is 55.0 Å². The Balaban J connectivity index is 1.76. The van der Waals surface area contributed by atoms with Gasteiger partial charge in [0.1, 0.15) is 12.4 Å².